The maximum atomic E-state index is 11.6. The molecule has 2 heterocycles. The first-order valence-electron chi connectivity index (χ1n) is 6.48. The molecule has 9 heteroatoms. The molecule has 0 spiro atoms. The van der Waals surface area contributed by atoms with Gasteiger partial charge in [-0.15, -0.1) is 0 Å². The first kappa shape index (κ1) is 15.4. The van der Waals surface area contributed by atoms with Crippen molar-refractivity contribution in [2.24, 2.45) is 5.73 Å². The molecular weight excluding hydrogens is 338 g/mol. The summed E-state index contributed by atoms with van der Waals surface area (Å²) in [5, 5.41) is 3.81. The Labute approximate surface area is 142 Å². The van der Waals surface area contributed by atoms with E-state index in [1.165, 1.54) is 11.1 Å². The fourth-order valence-electron chi connectivity index (χ4n) is 2.17. The molecule has 0 aliphatic rings. The summed E-state index contributed by atoms with van der Waals surface area (Å²) in [5.41, 5.74) is 6.72. The third-order valence-electron chi connectivity index (χ3n) is 3.24. The maximum absolute atomic E-state index is 11.6. The number of fused-ring (bicyclic) bond motifs is 1. The van der Waals surface area contributed by atoms with E-state index in [-0.39, 0.29) is 5.28 Å². The van der Waals surface area contributed by atoms with E-state index < -0.39 is 5.91 Å². The van der Waals surface area contributed by atoms with Gasteiger partial charge in [0.25, 0.3) is 5.91 Å². The molecule has 3 N–H and O–H groups in total. The topological polar surface area (TPSA) is 95.1 Å². The number of amides is 1. The Morgan fingerprint density at radius 2 is 2.17 bits per heavy atom. The smallest absolute Gasteiger partial charge is 0.250 e. The van der Waals surface area contributed by atoms with Crippen LogP contribution in [0.15, 0.2) is 30.5 Å². The van der Waals surface area contributed by atoms with Crippen LogP contribution in [0.4, 0.5) is 11.5 Å². The SMILES string of the molecule is COc1ccc(C(N)=O)c(Nc2nc(Cl)nc3c2ccn3S)c1. The second kappa shape index (κ2) is 5.98. The van der Waals surface area contributed by atoms with E-state index in [0.717, 1.165) is 0 Å². The third-order valence-corrected chi connectivity index (χ3v) is 3.73. The van der Waals surface area contributed by atoms with Crippen molar-refractivity contribution in [2.45, 2.75) is 0 Å². The number of nitrogens with one attached hydrogen (secondary N) is 1. The molecular formula is C14H12ClN5O2S. The van der Waals surface area contributed by atoms with Crippen LogP contribution in [0.2, 0.25) is 5.28 Å². The Morgan fingerprint density at radius 3 is 2.87 bits per heavy atom. The van der Waals surface area contributed by atoms with Gasteiger partial charge >= 0.3 is 0 Å². The summed E-state index contributed by atoms with van der Waals surface area (Å²) in [4.78, 5) is 19.9. The number of carbonyl (C=O) groups excluding carboxylic acids is 1. The number of primary amides is 1. The lowest BCUT2D eigenvalue weighted by Gasteiger charge is -2.12. The minimum Gasteiger partial charge on any atom is -0.497 e. The molecule has 0 aliphatic carbocycles. The van der Waals surface area contributed by atoms with Gasteiger partial charge in [0.2, 0.25) is 5.28 Å². The fourth-order valence-corrected chi connectivity index (χ4v) is 2.55. The van der Waals surface area contributed by atoms with E-state index in [4.69, 9.17) is 22.1 Å². The maximum Gasteiger partial charge on any atom is 0.250 e. The van der Waals surface area contributed by atoms with E-state index in [1.54, 1.807) is 30.5 Å². The predicted octanol–water partition coefficient (Wildman–Crippen LogP) is 2.63. The van der Waals surface area contributed by atoms with Crippen molar-refractivity contribution in [3.63, 3.8) is 0 Å². The zero-order valence-corrected chi connectivity index (χ0v) is 13.6. The molecule has 0 unspecified atom stereocenters. The molecule has 0 saturated carbocycles. The molecule has 0 saturated heterocycles. The van der Waals surface area contributed by atoms with Crippen LogP contribution in [0, 0.1) is 0 Å². The first-order chi connectivity index (χ1) is 11.0. The number of halogens is 1. The monoisotopic (exact) mass is 349 g/mol. The first-order valence-corrected chi connectivity index (χ1v) is 7.26. The number of anilines is 2. The second-order valence-corrected chi connectivity index (χ2v) is 5.41. The highest BCUT2D eigenvalue weighted by Gasteiger charge is 2.14. The second-order valence-electron chi connectivity index (χ2n) is 4.64. The normalized spacial score (nSPS) is 10.7. The van der Waals surface area contributed by atoms with Gasteiger partial charge in [0, 0.05) is 12.3 Å². The number of nitrogens with two attached hydrogens (primary N) is 1. The number of carbonyl (C=O) groups is 1. The van der Waals surface area contributed by atoms with Gasteiger partial charge in [-0.05, 0) is 29.8 Å². The van der Waals surface area contributed by atoms with Crippen LogP contribution in [-0.4, -0.2) is 27.0 Å². The van der Waals surface area contributed by atoms with Gasteiger partial charge in [-0.3, -0.25) is 8.77 Å². The third kappa shape index (κ3) is 2.90. The highest BCUT2D eigenvalue weighted by molar-refractivity contribution is 7.78. The van der Waals surface area contributed by atoms with Crippen molar-refractivity contribution in [1.29, 1.82) is 0 Å². The fraction of sp³-hybridized carbons (Fsp3) is 0.0714. The molecule has 2 aromatic heterocycles. The van der Waals surface area contributed by atoms with Crippen molar-refractivity contribution in [3.8, 4) is 5.75 Å². The Hall–Kier alpha value is -2.45. The van der Waals surface area contributed by atoms with Crippen LogP contribution in [0.3, 0.4) is 0 Å². The number of ether oxygens (including phenoxy) is 1. The van der Waals surface area contributed by atoms with Crippen molar-refractivity contribution in [2.75, 3.05) is 12.4 Å². The van der Waals surface area contributed by atoms with Gasteiger partial charge in [0.15, 0.2) is 5.65 Å². The summed E-state index contributed by atoms with van der Waals surface area (Å²) in [5.74, 6) is 0.433. The Bertz CT molecular complexity index is 912. The van der Waals surface area contributed by atoms with Crippen LogP contribution in [-0.2, 0) is 0 Å². The number of aromatic nitrogens is 3. The van der Waals surface area contributed by atoms with Crippen molar-refractivity contribution < 1.29 is 9.53 Å². The average Bonchev–Trinajstić information content (AvgIpc) is 2.88. The van der Waals surface area contributed by atoms with E-state index >= 15 is 0 Å². The molecule has 0 radical (unpaired) electrons. The van der Waals surface area contributed by atoms with Crippen LogP contribution < -0.4 is 15.8 Å². The number of methoxy groups -OCH3 is 1. The number of hydrogen-bond donors (Lipinski definition) is 3. The standard InChI is InChI=1S/C14H12ClN5O2S/c1-22-7-2-3-8(11(16)21)10(6-7)17-12-9-4-5-20(23)13(9)19-14(15)18-12/h2-6,23H,1H3,(H2,16,21)(H,17,18,19). The highest BCUT2D eigenvalue weighted by Crippen LogP contribution is 2.30. The Kier molecular flexibility index (Phi) is 4.01. The van der Waals surface area contributed by atoms with Gasteiger partial charge in [-0.1, -0.05) is 12.8 Å². The summed E-state index contributed by atoms with van der Waals surface area (Å²) < 4.78 is 6.70. The summed E-state index contributed by atoms with van der Waals surface area (Å²) >= 11 is 10.2. The summed E-state index contributed by atoms with van der Waals surface area (Å²) in [6, 6.07) is 6.66. The summed E-state index contributed by atoms with van der Waals surface area (Å²) in [6.07, 6.45) is 1.71. The van der Waals surface area contributed by atoms with E-state index in [9.17, 15) is 4.79 Å². The van der Waals surface area contributed by atoms with Crippen LogP contribution in [0.5, 0.6) is 5.75 Å². The van der Waals surface area contributed by atoms with E-state index in [0.29, 0.717) is 33.9 Å². The van der Waals surface area contributed by atoms with Gasteiger partial charge < -0.3 is 15.8 Å². The zero-order chi connectivity index (χ0) is 16.6. The van der Waals surface area contributed by atoms with Crippen LogP contribution >= 0.6 is 24.4 Å². The molecule has 7 nitrogen and oxygen atoms in total. The lowest BCUT2D eigenvalue weighted by Crippen LogP contribution is -2.13. The van der Waals surface area contributed by atoms with Crippen LogP contribution in [0.25, 0.3) is 11.0 Å². The molecule has 23 heavy (non-hydrogen) atoms. The molecule has 118 valence electrons. The minimum absolute atomic E-state index is 0.0533. The summed E-state index contributed by atoms with van der Waals surface area (Å²) in [7, 11) is 1.53. The molecule has 1 amide bonds. The van der Waals surface area contributed by atoms with Crippen LogP contribution in [0.1, 0.15) is 10.4 Å². The highest BCUT2D eigenvalue weighted by atomic mass is 35.5. The van der Waals surface area contributed by atoms with E-state index in [1.807, 2.05) is 0 Å². The lowest BCUT2D eigenvalue weighted by atomic mass is 10.1. The van der Waals surface area contributed by atoms with Gasteiger partial charge in [-0.2, -0.15) is 9.97 Å². The molecule has 0 atom stereocenters. The van der Waals surface area contributed by atoms with Crippen molar-refractivity contribution >= 4 is 52.9 Å². The quantitative estimate of drug-likeness (QED) is 0.497. The number of nitrogens with zero attached hydrogens (tertiary/aromatic N) is 3. The molecule has 0 fully saturated rings. The predicted molar refractivity (Wildman–Crippen MR) is 91.7 cm³/mol. The largest absolute Gasteiger partial charge is 0.497 e. The molecule has 0 aliphatic heterocycles. The van der Waals surface area contributed by atoms with Gasteiger partial charge in [0.05, 0.1) is 23.7 Å². The number of hydrogen-bond acceptors (Lipinski definition) is 6. The minimum atomic E-state index is -0.571. The Balaban J connectivity index is 2.14. The Morgan fingerprint density at radius 1 is 1.39 bits per heavy atom. The number of rotatable bonds is 4. The molecule has 3 aromatic rings. The lowest BCUT2D eigenvalue weighted by molar-refractivity contribution is 0.100. The number of thiol groups is 1. The van der Waals surface area contributed by atoms with Crippen molar-refractivity contribution in [1.82, 2.24) is 13.9 Å². The van der Waals surface area contributed by atoms with E-state index in [2.05, 4.69) is 28.1 Å². The van der Waals surface area contributed by atoms with Gasteiger partial charge in [0.1, 0.15) is 11.6 Å². The zero-order valence-electron chi connectivity index (χ0n) is 11.9. The van der Waals surface area contributed by atoms with Gasteiger partial charge in [-0.25, -0.2) is 0 Å². The average molecular weight is 350 g/mol. The molecule has 0 bridgehead atoms. The summed E-state index contributed by atoms with van der Waals surface area (Å²) in [6.45, 7) is 0. The van der Waals surface area contributed by atoms with Crippen molar-refractivity contribution in [3.05, 3.63) is 41.3 Å². The number of benzene rings is 1. The molecule has 3 rings (SSSR count). The molecule has 1 aromatic carbocycles.